The first-order valence-electron chi connectivity index (χ1n) is 5.89. The van der Waals surface area contributed by atoms with Crippen molar-refractivity contribution >= 4 is 19.0 Å². The molecule has 0 amide bonds. The molecule has 0 aliphatic rings. The van der Waals surface area contributed by atoms with Crippen molar-refractivity contribution in [1.29, 1.82) is 0 Å². The van der Waals surface area contributed by atoms with Crippen LogP contribution in [-0.2, 0) is 18.9 Å². The molecule has 0 unspecified atom stereocenters. The summed E-state index contributed by atoms with van der Waals surface area (Å²) in [6.45, 7) is 0. The lowest BCUT2D eigenvalue weighted by Gasteiger charge is -2.13. The largest absolute Gasteiger partial charge is 0.356 e. The molecule has 0 aromatic rings. The smallest absolute Gasteiger partial charge is 0.153 e. The number of methoxy groups -OCH3 is 4. The van der Waals surface area contributed by atoms with E-state index >= 15 is 0 Å². The van der Waals surface area contributed by atoms with Gasteiger partial charge in [0.1, 0.15) is 0 Å². The zero-order chi connectivity index (χ0) is 12.2. The van der Waals surface area contributed by atoms with E-state index in [-0.39, 0.29) is 31.6 Å². The van der Waals surface area contributed by atoms with Crippen LogP contribution in [0.3, 0.4) is 0 Å². The maximum atomic E-state index is 5.16. The van der Waals surface area contributed by atoms with Crippen LogP contribution in [0.5, 0.6) is 0 Å². The van der Waals surface area contributed by atoms with E-state index in [1.54, 1.807) is 28.4 Å². The van der Waals surface area contributed by atoms with Crippen LogP contribution in [0, 0.1) is 0 Å². The monoisotopic (exact) mass is 266 g/mol. The van der Waals surface area contributed by atoms with Gasteiger partial charge in [0.05, 0.1) is 0 Å². The molecular weight excluding hydrogens is 240 g/mol. The molecule has 0 bridgehead atoms. The lowest BCUT2D eigenvalue weighted by atomic mass is 10.7. The van der Waals surface area contributed by atoms with Crippen molar-refractivity contribution in [3.8, 4) is 0 Å². The minimum Gasteiger partial charge on any atom is -0.356 e. The van der Waals surface area contributed by atoms with Crippen LogP contribution in [0.25, 0.3) is 0 Å². The standard InChI is InChI=1S/C10H26O4Si2/c1-11-9(12-2)7-15-5-6-16-8-10(13-3)14-4/h9-10H,5-8,15-16H2,1-4H3. The predicted molar refractivity (Wildman–Crippen MR) is 71.9 cm³/mol. The van der Waals surface area contributed by atoms with Crippen LogP contribution in [0.15, 0.2) is 0 Å². The summed E-state index contributed by atoms with van der Waals surface area (Å²) < 4.78 is 20.7. The maximum absolute atomic E-state index is 5.16. The van der Waals surface area contributed by atoms with E-state index in [1.165, 1.54) is 12.1 Å². The Morgan fingerprint density at radius 1 is 0.688 bits per heavy atom. The highest BCUT2D eigenvalue weighted by Gasteiger charge is 2.06. The highest BCUT2D eigenvalue weighted by Crippen LogP contribution is 2.04. The summed E-state index contributed by atoms with van der Waals surface area (Å²) in [6, 6.07) is 5.05. The van der Waals surface area contributed by atoms with Gasteiger partial charge < -0.3 is 18.9 Å². The second kappa shape index (κ2) is 11.8. The average Bonchev–Trinajstić information content (AvgIpc) is 2.33. The lowest BCUT2D eigenvalue weighted by Crippen LogP contribution is -2.16. The summed E-state index contributed by atoms with van der Waals surface area (Å²) in [5.74, 6) is 0. The first-order chi connectivity index (χ1) is 7.78. The van der Waals surface area contributed by atoms with E-state index in [2.05, 4.69) is 0 Å². The average molecular weight is 266 g/mol. The SMILES string of the molecule is COC(C[SiH2]CC[SiH2]CC(OC)OC)OC. The van der Waals surface area contributed by atoms with Gasteiger partial charge in [0.25, 0.3) is 0 Å². The van der Waals surface area contributed by atoms with Gasteiger partial charge in [0, 0.05) is 47.5 Å². The number of hydrogen-bond acceptors (Lipinski definition) is 4. The van der Waals surface area contributed by atoms with Gasteiger partial charge in [0.2, 0.25) is 0 Å². The molecule has 0 heterocycles. The number of hydrogen-bond donors (Lipinski definition) is 0. The summed E-state index contributed by atoms with van der Waals surface area (Å²) in [7, 11) is 6.80. The Kier molecular flexibility index (Phi) is 12.0. The zero-order valence-corrected chi connectivity index (χ0v) is 13.9. The van der Waals surface area contributed by atoms with Gasteiger partial charge in [0.15, 0.2) is 12.6 Å². The lowest BCUT2D eigenvalue weighted by molar-refractivity contribution is -0.0879. The third kappa shape index (κ3) is 8.43. The van der Waals surface area contributed by atoms with Crippen molar-refractivity contribution in [3.05, 3.63) is 0 Å². The Morgan fingerprint density at radius 3 is 1.25 bits per heavy atom. The Labute approximate surface area is 104 Å². The summed E-state index contributed by atoms with van der Waals surface area (Å²) in [5, 5.41) is 0. The fourth-order valence-electron chi connectivity index (χ4n) is 1.64. The van der Waals surface area contributed by atoms with Crippen LogP contribution in [-0.4, -0.2) is 60.1 Å². The quantitative estimate of drug-likeness (QED) is 0.305. The van der Waals surface area contributed by atoms with Gasteiger partial charge in [-0.15, -0.1) is 0 Å². The highest BCUT2D eigenvalue weighted by atomic mass is 28.2. The minimum absolute atomic E-state index is 0.0125. The number of ether oxygens (including phenoxy) is 4. The normalized spacial score (nSPS) is 13.1. The topological polar surface area (TPSA) is 36.9 Å². The molecule has 0 fully saturated rings. The second-order valence-electron chi connectivity index (χ2n) is 3.79. The molecule has 0 saturated carbocycles. The van der Waals surface area contributed by atoms with E-state index in [9.17, 15) is 0 Å². The third-order valence-electron chi connectivity index (χ3n) is 2.68. The molecule has 0 saturated heterocycles. The van der Waals surface area contributed by atoms with Crippen LogP contribution in [0.2, 0.25) is 24.2 Å². The van der Waals surface area contributed by atoms with Crippen LogP contribution >= 0.6 is 0 Å². The maximum Gasteiger partial charge on any atom is 0.153 e. The fourth-order valence-corrected chi connectivity index (χ4v) is 6.65. The summed E-state index contributed by atoms with van der Waals surface area (Å²) in [5.41, 5.74) is 0. The molecule has 0 rings (SSSR count). The van der Waals surface area contributed by atoms with E-state index < -0.39 is 0 Å². The Morgan fingerprint density at radius 2 is 1.00 bits per heavy atom. The minimum atomic E-state index is -0.0125. The molecule has 0 spiro atoms. The van der Waals surface area contributed by atoms with E-state index in [1.807, 2.05) is 0 Å². The highest BCUT2D eigenvalue weighted by molar-refractivity contribution is 6.42. The molecule has 0 aromatic heterocycles. The Bertz CT molecular complexity index is 125. The Balaban J connectivity index is 3.26. The second-order valence-corrected chi connectivity index (χ2v) is 7.78. The van der Waals surface area contributed by atoms with Crippen molar-refractivity contribution in [2.75, 3.05) is 28.4 Å². The van der Waals surface area contributed by atoms with Gasteiger partial charge >= 0.3 is 0 Å². The first kappa shape index (κ1) is 16.3. The first-order valence-corrected chi connectivity index (χ1v) is 9.89. The molecule has 0 aliphatic carbocycles. The predicted octanol–water partition coefficient (Wildman–Crippen LogP) is 0.235. The van der Waals surface area contributed by atoms with Gasteiger partial charge in [-0.1, -0.05) is 12.1 Å². The van der Waals surface area contributed by atoms with E-state index in [0.29, 0.717) is 0 Å². The molecule has 0 aromatic carbocycles. The Hall–Kier alpha value is 0.274. The molecule has 98 valence electrons. The number of rotatable bonds is 11. The van der Waals surface area contributed by atoms with E-state index in [0.717, 1.165) is 12.1 Å². The molecule has 6 heteroatoms. The molecule has 0 radical (unpaired) electrons. The van der Waals surface area contributed by atoms with Crippen molar-refractivity contribution < 1.29 is 18.9 Å². The fraction of sp³-hybridized carbons (Fsp3) is 1.00. The van der Waals surface area contributed by atoms with Gasteiger partial charge in [-0.25, -0.2) is 0 Å². The summed E-state index contributed by atoms with van der Waals surface area (Å²) in [4.78, 5) is 0. The van der Waals surface area contributed by atoms with Crippen molar-refractivity contribution in [2.24, 2.45) is 0 Å². The molecular formula is C10H26O4Si2. The van der Waals surface area contributed by atoms with Crippen LogP contribution in [0.4, 0.5) is 0 Å². The van der Waals surface area contributed by atoms with Crippen molar-refractivity contribution in [2.45, 2.75) is 36.8 Å². The molecule has 0 aliphatic heterocycles. The summed E-state index contributed by atoms with van der Waals surface area (Å²) in [6.07, 6.45) is 0.0538. The van der Waals surface area contributed by atoms with Crippen molar-refractivity contribution in [1.82, 2.24) is 0 Å². The summed E-state index contributed by atoms with van der Waals surface area (Å²) >= 11 is 0. The third-order valence-corrected chi connectivity index (χ3v) is 7.44. The molecule has 4 nitrogen and oxygen atoms in total. The molecule has 0 atom stereocenters. The molecule has 0 N–H and O–H groups in total. The molecule has 16 heavy (non-hydrogen) atoms. The van der Waals surface area contributed by atoms with E-state index in [4.69, 9.17) is 18.9 Å². The van der Waals surface area contributed by atoms with Gasteiger partial charge in [-0.3, -0.25) is 0 Å². The van der Waals surface area contributed by atoms with Gasteiger partial charge in [-0.05, 0) is 12.1 Å². The van der Waals surface area contributed by atoms with Crippen molar-refractivity contribution in [3.63, 3.8) is 0 Å². The van der Waals surface area contributed by atoms with Crippen LogP contribution in [0.1, 0.15) is 0 Å². The van der Waals surface area contributed by atoms with Gasteiger partial charge in [-0.2, -0.15) is 0 Å². The zero-order valence-electron chi connectivity index (χ0n) is 11.0. The van der Waals surface area contributed by atoms with Crippen LogP contribution < -0.4 is 0 Å².